The number of aryl methyl sites for hydroxylation is 1. The summed E-state index contributed by atoms with van der Waals surface area (Å²) in [6.07, 6.45) is 1.29. The Morgan fingerprint density at radius 3 is 2.69 bits per heavy atom. The van der Waals surface area contributed by atoms with Gasteiger partial charge in [0.15, 0.2) is 0 Å². The molecule has 0 fully saturated rings. The summed E-state index contributed by atoms with van der Waals surface area (Å²) >= 11 is 1.26. The average molecular weight is 453 g/mol. The van der Waals surface area contributed by atoms with Crippen LogP contribution >= 0.6 is 11.3 Å². The van der Waals surface area contributed by atoms with Gasteiger partial charge in [0.05, 0.1) is 12.2 Å². The van der Waals surface area contributed by atoms with Gasteiger partial charge >= 0.3 is 6.09 Å². The van der Waals surface area contributed by atoms with Crippen LogP contribution in [0.4, 0.5) is 9.18 Å². The molecule has 164 valence electrons. The molecular weight excluding hydrogens is 431 g/mol. The van der Waals surface area contributed by atoms with Crippen LogP contribution < -0.4 is 14.8 Å². The SMILES string of the molecule is Cc1nc(-c2ccn(CCOc3ccc(F)cc3)n2)sc1OC(=O)NCc1ccccc1. The van der Waals surface area contributed by atoms with Crippen LogP contribution in [0.15, 0.2) is 66.9 Å². The Labute approximate surface area is 188 Å². The van der Waals surface area contributed by atoms with Crippen molar-refractivity contribution in [3.8, 4) is 21.5 Å². The van der Waals surface area contributed by atoms with Gasteiger partial charge in [0, 0.05) is 12.7 Å². The Balaban J connectivity index is 1.30. The third-order valence-electron chi connectivity index (χ3n) is 4.48. The topological polar surface area (TPSA) is 78.3 Å². The maximum atomic E-state index is 12.9. The first-order valence-corrected chi connectivity index (χ1v) is 10.8. The summed E-state index contributed by atoms with van der Waals surface area (Å²) in [6.45, 7) is 3.08. The number of carbonyl (C=O) groups is 1. The number of benzene rings is 2. The highest BCUT2D eigenvalue weighted by Gasteiger charge is 2.16. The second-order valence-corrected chi connectivity index (χ2v) is 7.85. The molecule has 4 aromatic rings. The van der Waals surface area contributed by atoms with E-state index in [0.29, 0.717) is 46.9 Å². The van der Waals surface area contributed by atoms with E-state index in [-0.39, 0.29) is 5.82 Å². The number of hydrogen-bond donors (Lipinski definition) is 1. The molecule has 0 atom stereocenters. The number of nitrogens with zero attached hydrogens (tertiary/aromatic N) is 3. The minimum atomic E-state index is -0.532. The summed E-state index contributed by atoms with van der Waals surface area (Å²) in [4.78, 5) is 16.6. The van der Waals surface area contributed by atoms with Gasteiger partial charge in [0.2, 0.25) is 5.06 Å². The van der Waals surface area contributed by atoms with Crippen LogP contribution in [-0.4, -0.2) is 27.5 Å². The molecule has 2 aromatic heterocycles. The van der Waals surface area contributed by atoms with Crippen molar-refractivity contribution in [2.45, 2.75) is 20.0 Å². The highest BCUT2D eigenvalue weighted by Crippen LogP contribution is 2.32. The van der Waals surface area contributed by atoms with Gasteiger partial charge in [-0.1, -0.05) is 41.7 Å². The summed E-state index contributed by atoms with van der Waals surface area (Å²) in [5.41, 5.74) is 2.29. The number of halogens is 1. The normalized spacial score (nSPS) is 10.7. The Morgan fingerprint density at radius 2 is 1.91 bits per heavy atom. The molecule has 0 spiro atoms. The van der Waals surface area contributed by atoms with E-state index >= 15 is 0 Å². The lowest BCUT2D eigenvalue weighted by molar-refractivity contribution is 0.201. The van der Waals surface area contributed by atoms with Crippen molar-refractivity contribution in [2.24, 2.45) is 0 Å². The molecule has 2 aromatic carbocycles. The van der Waals surface area contributed by atoms with Gasteiger partial charge in [-0.3, -0.25) is 4.68 Å². The van der Waals surface area contributed by atoms with E-state index in [0.717, 1.165) is 5.56 Å². The van der Waals surface area contributed by atoms with Gasteiger partial charge in [0.25, 0.3) is 0 Å². The van der Waals surface area contributed by atoms with Crippen LogP contribution in [0, 0.1) is 12.7 Å². The summed E-state index contributed by atoms with van der Waals surface area (Å²) in [5.74, 6) is 0.298. The smallest absolute Gasteiger partial charge is 0.413 e. The molecule has 0 unspecified atom stereocenters. The molecule has 0 saturated carbocycles. The maximum absolute atomic E-state index is 12.9. The van der Waals surface area contributed by atoms with Gasteiger partial charge in [-0.15, -0.1) is 0 Å². The fourth-order valence-electron chi connectivity index (χ4n) is 2.87. The quantitative estimate of drug-likeness (QED) is 0.415. The second-order valence-electron chi connectivity index (χ2n) is 6.89. The van der Waals surface area contributed by atoms with Gasteiger partial charge in [-0.2, -0.15) is 5.10 Å². The number of hydrogen-bond acceptors (Lipinski definition) is 6. The first-order chi connectivity index (χ1) is 15.6. The van der Waals surface area contributed by atoms with Crippen LogP contribution in [0.25, 0.3) is 10.7 Å². The number of aromatic nitrogens is 3. The lowest BCUT2D eigenvalue weighted by Gasteiger charge is -2.06. The maximum Gasteiger partial charge on any atom is 0.413 e. The Hall–Kier alpha value is -3.72. The molecule has 0 saturated heterocycles. The van der Waals surface area contributed by atoms with Crippen molar-refractivity contribution in [3.63, 3.8) is 0 Å². The Morgan fingerprint density at radius 1 is 1.12 bits per heavy atom. The van der Waals surface area contributed by atoms with E-state index in [4.69, 9.17) is 9.47 Å². The minimum Gasteiger partial charge on any atom is -0.492 e. The monoisotopic (exact) mass is 452 g/mol. The molecule has 0 bridgehead atoms. The van der Waals surface area contributed by atoms with E-state index < -0.39 is 6.09 Å². The average Bonchev–Trinajstić information content (AvgIpc) is 3.41. The van der Waals surface area contributed by atoms with Crippen molar-refractivity contribution < 1.29 is 18.7 Å². The molecule has 4 rings (SSSR count). The number of rotatable bonds is 8. The van der Waals surface area contributed by atoms with Crippen molar-refractivity contribution in [2.75, 3.05) is 6.61 Å². The van der Waals surface area contributed by atoms with Gasteiger partial charge in [-0.25, -0.2) is 14.2 Å². The number of ether oxygens (including phenoxy) is 2. The van der Waals surface area contributed by atoms with E-state index in [9.17, 15) is 9.18 Å². The Kier molecular flexibility index (Phi) is 6.76. The van der Waals surface area contributed by atoms with Gasteiger partial charge < -0.3 is 14.8 Å². The van der Waals surface area contributed by atoms with Gasteiger partial charge in [0.1, 0.15) is 28.9 Å². The first kappa shape index (κ1) is 21.5. The van der Waals surface area contributed by atoms with Crippen LogP contribution in [0.1, 0.15) is 11.3 Å². The predicted octanol–water partition coefficient (Wildman–Crippen LogP) is 4.82. The first-order valence-electron chi connectivity index (χ1n) is 9.96. The molecule has 0 radical (unpaired) electrons. The van der Waals surface area contributed by atoms with E-state index in [1.54, 1.807) is 23.7 Å². The molecule has 1 N–H and O–H groups in total. The number of carbonyl (C=O) groups excluding carboxylic acids is 1. The molecule has 0 aliphatic carbocycles. The zero-order valence-electron chi connectivity index (χ0n) is 17.3. The highest BCUT2D eigenvalue weighted by molar-refractivity contribution is 7.17. The predicted molar refractivity (Wildman–Crippen MR) is 119 cm³/mol. The number of nitrogens with one attached hydrogen (secondary N) is 1. The molecule has 2 heterocycles. The van der Waals surface area contributed by atoms with E-state index in [2.05, 4.69) is 15.4 Å². The summed E-state index contributed by atoms with van der Waals surface area (Å²) in [7, 11) is 0. The highest BCUT2D eigenvalue weighted by atomic mass is 32.1. The molecular formula is C23H21FN4O3S. The largest absolute Gasteiger partial charge is 0.492 e. The Bertz CT molecular complexity index is 1180. The van der Waals surface area contributed by atoms with Crippen LogP contribution in [0.3, 0.4) is 0 Å². The van der Waals surface area contributed by atoms with Crippen LogP contribution in [0.2, 0.25) is 0 Å². The summed E-state index contributed by atoms with van der Waals surface area (Å²) < 4.78 is 25.7. The van der Waals surface area contributed by atoms with Crippen LogP contribution in [-0.2, 0) is 13.1 Å². The van der Waals surface area contributed by atoms with E-state index in [1.807, 2.05) is 42.6 Å². The molecule has 0 aliphatic heterocycles. The van der Waals surface area contributed by atoms with Crippen molar-refractivity contribution in [1.29, 1.82) is 0 Å². The summed E-state index contributed by atoms with van der Waals surface area (Å²) in [6, 6.07) is 17.3. The van der Waals surface area contributed by atoms with Crippen LogP contribution in [0.5, 0.6) is 10.8 Å². The van der Waals surface area contributed by atoms with Crippen molar-refractivity contribution >= 4 is 17.4 Å². The fourth-order valence-corrected chi connectivity index (χ4v) is 3.75. The fraction of sp³-hybridized carbons (Fsp3) is 0.174. The molecule has 0 aliphatic rings. The number of thiazole rings is 1. The van der Waals surface area contributed by atoms with Gasteiger partial charge in [-0.05, 0) is 42.8 Å². The second kappa shape index (κ2) is 10.1. The third-order valence-corrected chi connectivity index (χ3v) is 5.54. The van der Waals surface area contributed by atoms with Crippen molar-refractivity contribution in [3.05, 3.63) is 83.9 Å². The minimum absolute atomic E-state index is 0.301. The zero-order chi connectivity index (χ0) is 22.3. The third kappa shape index (κ3) is 5.70. The molecule has 1 amide bonds. The molecule has 9 heteroatoms. The zero-order valence-corrected chi connectivity index (χ0v) is 18.1. The van der Waals surface area contributed by atoms with E-state index in [1.165, 1.54) is 23.5 Å². The molecule has 32 heavy (non-hydrogen) atoms. The molecule has 7 nitrogen and oxygen atoms in total. The van der Waals surface area contributed by atoms with Crippen molar-refractivity contribution in [1.82, 2.24) is 20.1 Å². The number of amides is 1. The standard InChI is InChI=1S/C23H21FN4O3S/c1-16-22(31-23(29)25-15-17-5-3-2-4-6-17)32-21(26-16)20-11-12-28(27-20)13-14-30-19-9-7-18(24)8-10-19/h2-12H,13-15H2,1H3,(H,25,29). The summed E-state index contributed by atoms with van der Waals surface area (Å²) in [5, 5.41) is 8.32. The lowest BCUT2D eigenvalue weighted by atomic mass is 10.2. The lowest BCUT2D eigenvalue weighted by Crippen LogP contribution is -2.26.